The van der Waals surface area contributed by atoms with Crippen molar-refractivity contribution in [2.24, 2.45) is 0 Å². The molecule has 1 aliphatic heterocycles. The number of hydrogen-bond acceptors (Lipinski definition) is 2. The highest BCUT2D eigenvalue weighted by molar-refractivity contribution is 5.67. The fourth-order valence-electron chi connectivity index (χ4n) is 2.69. The molecule has 3 heteroatoms. The third-order valence-electron chi connectivity index (χ3n) is 3.99. The molecule has 0 radical (unpaired) electrons. The van der Waals surface area contributed by atoms with Crippen molar-refractivity contribution in [3.8, 4) is 0 Å². The monoisotopic (exact) mass is 312 g/mol. The van der Waals surface area contributed by atoms with Gasteiger partial charge in [-0.3, -0.25) is 0 Å². The summed E-state index contributed by atoms with van der Waals surface area (Å²) in [5.41, 5.74) is 5.71. The van der Waals surface area contributed by atoms with Crippen molar-refractivity contribution in [3.63, 3.8) is 0 Å². The first-order chi connectivity index (χ1) is 11.1. The number of rotatable bonds is 5. The van der Waals surface area contributed by atoms with Crippen LogP contribution in [0.2, 0.25) is 0 Å². The van der Waals surface area contributed by atoms with Crippen LogP contribution in [0.1, 0.15) is 52.5 Å². The summed E-state index contributed by atoms with van der Waals surface area (Å²) < 4.78 is 13.1. The van der Waals surface area contributed by atoms with Crippen LogP contribution >= 0.6 is 0 Å². The predicted octanol–water partition coefficient (Wildman–Crippen LogP) is 5.82. The summed E-state index contributed by atoms with van der Waals surface area (Å²) in [4.78, 5) is 6.04. The highest BCUT2D eigenvalue weighted by Crippen LogP contribution is 2.30. The average molecular weight is 312 g/mol. The highest BCUT2D eigenvalue weighted by atomic mass is 19.1. The Hall–Kier alpha value is -2.16. The van der Waals surface area contributed by atoms with Crippen LogP contribution in [0.25, 0.3) is 5.57 Å². The van der Waals surface area contributed by atoms with E-state index in [9.17, 15) is 4.39 Å². The Kier molecular flexibility index (Phi) is 5.91. The van der Waals surface area contributed by atoms with E-state index in [2.05, 4.69) is 62.0 Å². The van der Waals surface area contributed by atoms with Crippen LogP contribution < -0.4 is 0 Å². The van der Waals surface area contributed by atoms with Crippen molar-refractivity contribution in [3.05, 3.63) is 71.2 Å². The van der Waals surface area contributed by atoms with Crippen molar-refractivity contribution in [2.75, 3.05) is 0 Å². The van der Waals surface area contributed by atoms with E-state index in [1.807, 2.05) is 0 Å². The summed E-state index contributed by atoms with van der Waals surface area (Å²) in [6, 6.07) is 3.20. The van der Waals surface area contributed by atoms with Crippen LogP contribution in [0.4, 0.5) is 4.39 Å². The first-order valence-electron chi connectivity index (χ1n) is 8.24. The lowest BCUT2D eigenvalue weighted by atomic mass is 10.0. The van der Waals surface area contributed by atoms with Crippen molar-refractivity contribution in [1.29, 1.82) is 0 Å². The van der Waals surface area contributed by atoms with Gasteiger partial charge in [0.25, 0.3) is 0 Å². The molecule has 0 amide bonds. The van der Waals surface area contributed by atoms with Crippen molar-refractivity contribution in [2.45, 2.75) is 47.0 Å². The van der Waals surface area contributed by atoms with Gasteiger partial charge in [0.05, 0.1) is 0 Å². The van der Waals surface area contributed by atoms with E-state index in [-0.39, 0.29) is 0 Å². The molecule has 1 aliphatic rings. The Balaban J connectivity index is 2.46. The molecule has 122 valence electrons. The molecular formula is C20H25FN2. The smallest absolute Gasteiger partial charge is 0.212 e. The zero-order valence-corrected chi connectivity index (χ0v) is 14.4. The number of allylic oxidation sites excluding steroid dienone is 6. The van der Waals surface area contributed by atoms with Crippen LogP contribution in [-0.4, -0.2) is 9.88 Å². The number of pyridine rings is 1. The summed E-state index contributed by atoms with van der Waals surface area (Å²) in [6.45, 7) is 8.50. The first kappa shape index (κ1) is 17.2. The van der Waals surface area contributed by atoms with Gasteiger partial charge in [-0.15, -0.1) is 0 Å². The molecule has 2 nitrogen and oxygen atoms in total. The Morgan fingerprint density at radius 2 is 2.04 bits per heavy atom. The van der Waals surface area contributed by atoms with Crippen molar-refractivity contribution < 1.29 is 4.39 Å². The standard InChI is InChI=1S/C20H25FN2/c1-5-7-8-18-11-9-15(3)14-23(18)19(6-2)16(4)17-10-12-20(21)22-13-17/h8-14H,5-7H2,1-4H3/b18-8+,19-16+. The molecule has 0 aliphatic carbocycles. The molecule has 0 spiro atoms. The molecule has 0 atom stereocenters. The fourth-order valence-corrected chi connectivity index (χ4v) is 2.69. The predicted molar refractivity (Wildman–Crippen MR) is 94.8 cm³/mol. The molecule has 0 bridgehead atoms. The lowest BCUT2D eigenvalue weighted by molar-refractivity contribution is 0.558. The van der Waals surface area contributed by atoms with Gasteiger partial charge in [-0.1, -0.05) is 32.4 Å². The number of halogens is 1. The van der Waals surface area contributed by atoms with Crippen LogP contribution in [0, 0.1) is 5.95 Å². The van der Waals surface area contributed by atoms with E-state index < -0.39 is 5.95 Å². The van der Waals surface area contributed by atoms with E-state index >= 15 is 0 Å². The van der Waals surface area contributed by atoms with E-state index in [0.717, 1.165) is 30.4 Å². The van der Waals surface area contributed by atoms with Crippen molar-refractivity contribution >= 4 is 5.57 Å². The maximum atomic E-state index is 13.1. The molecule has 1 aromatic heterocycles. The average Bonchev–Trinajstić information content (AvgIpc) is 2.55. The molecule has 0 unspecified atom stereocenters. The SMILES string of the molecule is CCC/C=C1\C=CC(C)=CN1/C(CC)=C(\C)c1ccc(F)nc1. The third kappa shape index (κ3) is 4.19. The van der Waals surface area contributed by atoms with Crippen LogP contribution in [-0.2, 0) is 0 Å². The quantitative estimate of drug-likeness (QED) is 0.637. The minimum atomic E-state index is -0.445. The number of aromatic nitrogens is 1. The fraction of sp³-hybridized carbons (Fsp3) is 0.350. The van der Waals surface area contributed by atoms with Gasteiger partial charge in [-0.05, 0) is 61.6 Å². The molecule has 1 aromatic rings. The van der Waals surface area contributed by atoms with Crippen molar-refractivity contribution in [1.82, 2.24) is 9.88 Å². The second kappa shape index (κ2) is 7.91. The Bertz CT molecular complexity index is 663. The maximum Gasteiger partial charge on any atom is 0.212 e. The summed E-state index contributed by atoms with van der Waals surface area (Å²) >= 11 is 0. The van der Waals surface area contributed by atoms with Gasteiger partial charge in [0, 0.05) is 23.8 Å². The summed E-state index contributed by atoms with van der Waals surface area (Å²) in [5.74, 6) is -0.445. The van der Waals surface area contributed by atoms with Gasteiger partial charge in [0.2, 0.25) is 5.95 Å². The second-order valence-electron chi connectivity index (χ2n) is 5.79. The van der Waals surface area contributed by atoms with Gasteiger partial charge < -0.3 is 4.90 Å². The Labute approximate surface area is 138 Å². The number of unbranched alkanes of at least 4 members (excludes halogenated alkanes) is 1. The normalized spacial score (nSPS) is 17.3. The van der Waals surface area contributed by atoms with E-state index in [1.54, 1.807) is 12.3 Å². The molecule has 0 fully saturated rings. The zero-order chi connectivity index (χ0) is 16.8. The second-order valence-corrected chi connectivity index (χ2v) is 5.79. The lowest BCUT2D eigenvalue weighted by Crippen LogP contribution is -2.18. The number of hydrogen-bond donors (Lipinski definition) is 0. The minimum Gasteiger partial charge on any atom is -0.321 e. The largest absolute Gasteiger partial charge is 0.321 e. The molecule has 2 rings (SSSR count). The summed E-state index contributed by atoms with van der Waals surface area (Å²) in [6.07, 6.45) is 13.4. The first-order valence-corrected chi connectivity index (χ1v) is 8.24. The topological polar surface area (TPSA) is 16.1 Å². The molecule has 0 saturated heterocycles. The van der Waals surface area contributed by atoms with Crippen LogP contribution in [0.15, 0.2) is 59.7 Å². The van der Waals surface area contributed by atoms with Gasteiger partial charge in [-0.2, -0.15) is 4.39 Å². The van der Waals surface area contributed by atoms with E-state index in [4.69, 9.17) is 0 Å². The molecule has 0 N–H and O–H groups in total. The lowest BCUT2D eigenvalue weighted by Gasteiger charge is -2.29. The summed E-state index contributed by atoms with van der Waals surface area (Å²) in [5, 5.41) is 0. The third-order valence-corrected chi connectivity index (χ3v) is 3.99. The molecular weight excluding hydrogens is 287 g/mol. The van der Waals surface area contributed by atoms with Gasteiger partial charge in [-0.25, -0.2) is 4.98 Å². The van der Waals surface area contributed by atoms with E-state index in [1.165, 1.54) is 23.0 Å². The minimum absolute atomic E-state index is 0.445. The molecule has 0 saturated carbocycles. The van der Waals surface area contributed by atoms with E-state index in [0.29, 0.717) is 0 Å². The number of nitrogens with zero attached hydrogens (tertiary/aromatic N) is 2. The van der Waals surface area contributed by atoms with Crippen LogP contribution in [0.5, 0.6) is 0 Å². The van der Waals surface area contributed by atoms with Gasteiger partial charge in [0.1, 0.15) is 0 Å². The highest BCUT2D eigenvalue weighted by Gasteiger charge is 2.16. The Morgan fingerprint density at radius 1 is 1.26 bits per heavy atom. The maximum absolute atomic E-state index is 13.1. The van der Waals surface area contributed by atoms with Crippen LogP contribution in [0.3, 0.4) is 0 Å². The van der Waals surface area contributed by atoms with Gasteiger partial charge in [0.15, 0.2) is 0 Å². The molecule has 2 heterocycles. The zero-order valence-electron chi connectivity index (χ0n) is 14.4. The molecule has 0 aromatic carbocycles. The van der Waals surface area contributed by atoms with Gasteiger partial charge >= 0.3 is 0 Å². The summed E-state index contributed by atoms with van der Waals surface area (Å²) in [7, 11) is 0. The molecule has 23 heavy (non-hydrogen) atoms. The Morgan fingerprint density at radius 3 is 2.65 bits per heavy atom.